The topological polar surface area (TPSA) is 46.9 Å². The molecule has 2 aromatic heterocycles. The summed E-state index contributed by atoms with van der Waals surface area (Å²) in [7, 11) is 0. The van der Waals surface area contributed by atoms with Crippen molar-refractivity contribution in [3.05, 3.63) is 48.5 Å². The van der Waals surface area contributed by atoms with E-state index < -0.39 is 0 Å². The van der Waals surface area contributed by atoms with Crippen LogP contribution in [0.2, 0.25) is 0 Å². The molecular weight excluding hydrogens is 333 g/mol. The van der Waals surface area contributed by atoms with Gasteiger partial charge in [0.1, 0.15) is 11.9 Å². The highest BCUT2D eigenvalue weighted by Crippen LogP contribution is 2.27. The van der Waals surface area contributed by atoms with Gasteiger partial charge < -0.3 is 9.88 Å². The second kappa shape index (κ2) is 7.14. The number of nitrogens with one attached hydrogen (secondary N) is 1. The van der Waals surface area contributed by atoms with Crippen molar-refractivity contribution >= 4 is 44.4 Å². The minimum atomic E-state index is -0.302. The maximum Gasteiger partial charge on any atom is 0.249 e. The Morgan fingerprint density at radius 2 is 2.22 bits per heavy atom. The van der Waals surface area contributed by atoms with E-state index in [1.54, 1.807) is 17.8 Å². The van der Waals surface area contributed by atoms with Gasteiger partial charge in [-0.2, -0.15) is 11.8 Å². The number of thioether (sulfide) groups is 1. The van der Waals surface area contributed by atoms with Gasteiger partial charge >= 0.3 is 0 Å². The van der Waals surface area contributed by atoms with Crippen molar-refractivity contribution in [2.75, 3.05) is 17.3 Å². The number of hydrogen-bond acceptors (Lipinski definition) is 4. The van der Waals surface area contributed by atoms with Crippen LogP contribution >= 0.6 is 23.1 Å². The van der Waals surface area contributed by atoms with Gasteiger partial charge in [0, 0.05) is 12.4 Å². The van der Waals surface area contributed by atoms with Crippen LogP contribution in [0.5, 0.6) is 0 Å². The number of hydrogen-bond donors (Lipinski definition) is 1. The molecule has 3 rings (SSSR count). The molecule has 0 spiro atoms. The van der Waals surface area contributed by atoms with Crippen LogP contribution in [0.3, 0.4) is 0 Å². The Morgan fingerprint density at radius 3 is 2.96 bits per heavy atom. The number of rotatable bonds is 6. The average molecular weight is 349 g/mol. The van der Waals surface area contributed by atoms with E-state index in [-0.39, 0.29) is 17.8 Å². The van der Waals surface area contributed by atoms with Gasteiger partial charge in [-0.05, 0) is 48.8 Å². The zero-order chi connectivity index (χ0) is 16.2. The van der Waals surface area contributed by atoms with E-state index in [1.807, 2.05) is 35.3 Å². The highest BCUT2D eigenvalue weighted by Gasteiger charge is 2.20. The Morgan fingerprint density at radius 1 is 1.43 bits per heavy atom. The number of carbonyl (C=O) groups is 1. The molecule has 4 nitrogen and oxygen atoms in total. The predicted molar refractivity (Wildman–Crippen MR) is 94.7 cm³/mol. The first-order valence-electron chi connectivity index (χ1n) is 7.16. The van der Waals surface area contributed by atoms with E-state index in [0.29, 0.717) is 10.6 Å². The highest BCUT2D eigenvalue weighted by molar-refractivity contribution is 7.98. The molecule has 0 saturated heterocycles. The molecule has 1 N–H and O–H groups in total. The summed E-state index contributed by atoms with van der Waals surface area (Å²) >= 11 is 2.99. The Bertz CT molecular complexity index is 801. The smallest absolute Gasteiger partial charge is 0.249 e. The monoisotopic (exact) mass is 349 g/mol. The Hall–Kier alpha value is -1.86. The summed E-state index contributed by atoms with van der Waals surface area (Å²) in [6.07, 6.45) is 6.53. The Balaban J connectivity index is 1.79. The predicted octanol–water partition coefficient (Wildman–Crippen LogP) is 4.17. The number of aromatic nitrogens is 2. The lowest BCUT2D eigenvalue weighted by molar-refractivity contribution is -0.119. The molecule has 120 valence electrons. The second-order valence-electron chi connectivity index (χ2n) is 5.05. The third-order valence-electron chi connectivity index (χ3n) is 3.47. The molecule has 1 atom stereocenters. The number of benzene rings is 1. The standard InChI is InChI=1S/C16H16FN3OS2/c1-22-9-6-13(20-7-2-3-8-20)15(21)19-16-18-12-5-4-11(17)10-14(12)23-16/h2-5,7-8,10,13H,6,9H2,1H3,(H,18,19,21). The molecule has 3 aromatic rings. The molecule has 1 aromatic carbocycles. The minimum Gasteiger partial charge on any atom is -0.342 e. The van der Waals surface area contributed by atoms with Crippen molar-refractivity contribution in [3.8, 4) is 0 Å². The molecule has 7 heteroatoms. The first-order chi connectivity index (χ1) is 11.2. The molecule has 2 heterocycles. The lowest BCUT2D eigenvalue weighted by Crippen LogP contribution is -2.25. The lowest BCUT2D eigenvalue weighted by Gasteiger charge is -2.17. The molecule has 0 fully saturated rings. The van der Waals surface area contributed by atoms with Gasteiger partial charge in [-0.25, -0.2) is 9.37 Å². The normalized spacial score (nSPS) is 12.4. The van der Waals surface area contributed by atoms with E-state index in [0.717, 1.165) is 16.9 Å². The molecule has 0 bridgehead atoms. The zero-order valence-corrected chi connectivity index (χ0v) is 14.2. The largest absolute Gasteiger partial charge is 0.342 e. The van der Waals surface area contributed by atoms with Gasteiger partial charge in [0.25, 0.3) is 0 Å². The van der Waals surface area contributed by atoms with E-state index in [4.69, 9.17) is 0 Å². The zero-order valence-electron chi connectivity index (χ0n) is 12.5. The fourth-order valence-electron chi connectivity index (χ4n) is 2.34. The van der Waals surface area contributed by atoms with Crippen molar-refractivity contribution in [1.29, 1.82) is 0 Å². The first-order valence-corrected chi connectivity index (χ1v) is 9.37. The molecule has 1 amide bonds. The summed E-state index contributed by atoms with van der Waals surface area (Å²) in [6, 6.07) is 7.95. The molecule has 0 aliphatic rings. The van der Waals surface area contributed by atoms with Crippen molar-refractivity contribution in [2.24, 2.45) is 0 Å². The van der Waals surface area contributed by atoms with Crippen LogP contribution in [0.25, 0.3) is 10.2 Å². The number of nitrogens with zero attached hydrogens (tertiary/aromatic N) is 2. The van der Waals surface area contributed by atoms with Crippen LogP contribution in [-0.4, -0.2) is 27.5 Å². The van der Waals surface area contributed by atoms with Gasteiger partial charge in [-0.3, -0.25) is 4.79 Å². The van der Waals surface area contributed by atoms with E-state index in [1.165, 1.54) is 23.5 Å². The van der Waals surface area contributed by atoms with Crippen LogP contribution in [0.4, 0.5) is 9.52 Å². The summed E-state index contributed by atoms with van der Waals surface area (Å²) < 4.78 is 15.9. The molecule has 0 saturated carbocycles. The van der Waals surface area contributed by atoms with Crippen molar-refractivity contribution in [1.82, 2.24) is 9.55 Å². The number of amides is 1. The highest BCUT2D eigenvalue weighted by atomic mass is 32.2. The number of anilines is 1. The quantitative estimate of drug-likeness (QED) is 0.726. The van der Waals surface area contributed by atoms with E-state index in [9.17, 15) is 9.18 Å². The number of halogens is 1. The Labute approximate surface area is 141 Å². The summed E-state index contributed by atoms with van der Waals surface area (Å²) in [5, 5.41) is 3.36. The summed E-state index contributed by atoms with van der Waals surface area (Å²) in [6.45, 7) is 0. The Kier molecular flexibility index (Phi) is 4.97. The van der Waals surface area contributed by atoms with Crippen LogP contribution in [0, 0.1) is 5.82 Å². The number of carbonyl (C=O) groups excluding carboxylic acids is 1. The van der Waals surface area contributed by atoms with Gasteiger partial charge in [0.05, 0.1) is 10.2 Å². The minimum absolute atomic E-state index is 0.102. The SMILES string of the molecule is CSCCC(C(=O)Nc1nc2ccc(F)cc2s1)n1cccc1. The molecule has 0 aliphatic carbocycles. The summed E-state index contributed by atoms with van der Waals surface area (Å²) in [5.41, 5.74) is 0.688. The molecule has 1 unspecified atom stereocenters. The number of fused-ring (bicyclic) bond motifs is 1. The van der Waals surface area contributed by atoms with Crippen LogP contribution in [0.15, 0.2) is 42.7 Å². The van der Waals surface area contributed by atoms with E-state index in [2.05, 4.69) is 10.3 Å². The van der Waals surface area contributed by atoms with Crippen LogP contribution in [-0.2, 0) is 4.79 Å². The van der Waals surface area contributed by atoms with Crippen molar-refractivity contribution in [3.63, 3.8) is 0 Å². The maximum absolute atomic E-state index is 13.2. The molecule has 0 aliphatic heterocycles. The van der Waals surface area contributed by atoms with Gasteiger partial charge in [0.2, 0.25) is 5.91 Å². The van der Waals surface area contributed by atoms with Gasteiger partial charge in [-0.15, -0.1) is 0 Å². The fourth-order valence-corrected chi connectivity index (χ4v) is 3.69. The molecule has 23 heavy (non-hydrogen) atoms. The average Bonchev–Trinajstić information content (AvgIpc) is 3.16. The van der Waals surface area contributed by atoms with Crippen molar-refractivity contribution < 1.29 is 9.18 Å². The van der Waals surface area contributed by atoms with Gasteiger partial charge in [-0.1, -0.05) is 11.3 Å². The fraction of sp³-hybridized carbons (Fsp3) is 0.250. The molecule has 0 radical (unpaired) electrons. The third kappa shape index (κ3) is 3.73. The first kappa shape index (κ1) is 16.0. The molecular formula is C16H16FN3OS2. The second-order valence-corrected chi connectivity index (χ2v) is 7.06. The third-order valence-corrected chi connectivity index (χ3v) is 5.04. The maximum atomic E-state index is 13.2. The van der Waals surface area contributed by atoms with E-state index >= 15 is 0 Å². The lowest BCUT2D eigenvalue weighted by atomic mass is 10.2. The summed E-state index contributed by atoms with van der Waals surface area (Å²) in [4.78, 5) is 17.0. The van der Waals surface area contributed by atoms with Crippen LogP contribution in [0.1, 0.15) is 12.5 Å². The van der Waals surface area contributed by atoms with Crippen LogP contribution < -0.4 is 5.32 Å². The van der Waals surface area contributed by atoms with Crippen molar-refractivity contribution in [2.45, 2.75) is 12.5 Å². The number of thiazole rings is 1. The summed E-state index contributed by atoms with van der Waals surface area (Å²) in [5.74, 6) is 0.486. The van der Waals surface area contributed by atoms with Gasteiger partial charge in [0.15, 0.2) is 5.13 Å².